The first-order chi connectivity index (χ1) is 8.40. The van der Waals surface area contributed by atoms with Gasteiger partial charge in [-0.2, -0.15) is 0 Å². The number of aliphatic hydroxyl groups is 1. The number of aryl methyl sites for hydroxylation is 1. The van der Waals surface area contributed by atoms with E-state index in [2.05, 4.69) is 5.32 Å². The van der Waals surface area contributed by atoms with Crippen molar-refractivity contribution in [1.82, 2.24) is 5.32 Å². The van der Waals surface area contributed by atoms with E-state index in [9.17, 15) is 5.11 Å². The average Bonchev–Trinajstić information content (AvgIpc) is 2.29. The Morgan fingerprint density at radius 3 is 2.29 bits per heavy atom. The van der Waals surface area contributed by atoms with Crippen LogP contribution in [0.15, 0.2) is 12.1 Å². The third-order valence-electron chi connectivity index (χ3n) is 2.51. The van der Waals surface area contributed by atoms with Crippen LogP contribution in [0.3, 0.4) is 0 Å². The fourth-order valence-electron chi connectivity index (χ4n) is 1.53. The third kappa shape index (κ3) is 9.11. The molecule has 0 bridgehead atoms. The van der Waals surface area contributed by atoms with Gasteiger partial charge in [-0.15, -0.1) is 37.2 Å². The summed E-state index contributed by atoms with van der Waals surface area (Å²) < 4.78 is 5.50. The predicted octanol–water partition coefficient (Wildman–Crippen LogP) is 2.16. The molecule has 0 aliphatic carbocycles. The number of ether oxygens (including phenoxy) is 1. The third-order valence-corrected chi connectivity index (χ3v) is 2.51. The zero-order valence-electron chi connectivity index (χ0n) is 12.5. The number of benzene rings is 1. The topological polar surface area (TPSA) is 93.5 Å². The first-order valence-corrected chi connectivity index (χ1v) is 6.10. The molecule has 126 valence electrons. The monoisotopic (exact) mass is 361 g/mol. The van der Waals surface area contributed by atoms with Gasteiger partial charge in [0.15, 0.2) is 0 Å². The van der Waals surface area contributed by atoms with E-state index in [0.717, 1.165) is 5.56 Å². The van der Waals surface area contributed by atoms with Crippen LogP contribution in [-0.2, 0) is 0 Å². The highest BCUT2D eigenvalue weighted by Crippen LogP contribution is 2.29. The van der Waals surface area contributed by atoms with Gasteiger partial charge >= 0.3 is 0 Å². The van der Waals surface area contributed by atoms with E-state index in [1.165, 1.54) is 0 Å². The fourth-order valence-corrected chi connectivity index (χ4v) is 1.53. The molecule has 6 N–H and O–H groups in total. The summed E-state index contributed by atoms with van der Waals surface area (Å²) in [5.74, 6) is 0.524. The second-order valence-electron chi connectivity index (χ2n) is 4.79. The van der Waals surface area contributed by atoms with Gasteiger partial charge in [0.05, 0.1) is 11.4 Å². The Bertz CT molecular complexity index is 406. The molecule has 1 unspecified atom stereocenters. The molecule has 1 aromatic carbocycles. The molecule has 0 radical (unpaired) electrons. The Morgan fingerprint density at radius 1 is 1.19 bits per heavy atom. The first kappa shape index (κ1) is 25.4. The second kappa shape index (κ2) is 12.0. The molecule has 0 spiro atoms. The number of anilines is 2. The van der Waals surface area contributed by atoms with Crippen molar-refractivity contribution in [1.29, 1.82) is 0 Å². The van der Waals surface area contributed by atoms with Gasteiger partial charge in [0.1, 0.15) is 18.5 Å². The highest BCUT2D eigenvalue weighted by atomic mass is 35.5. The Hall–Kier alpha value is -0.590. The molecule has 0 saturated heterocycles. The lowest BCUT2D eigenvalue weighted by Crippen LogP contribution is -2.35. The minimum absolute atomic E-state index is 0. The fraction of sp³-hybridized carbons (Fsp3) is 0.538. The van der Waals surface area contributed by atoms with Crippen molar-refractivity contribution in [2.75, 3.05) is 24.6 Å². The first-order valence-electron chi connectivity index (χ1n) is 6.10. The summed E-state index contributed by atoms with van der Waals surface area (Å²) in [7, 11) is 0. The van der Waals surface area contributed by atoms with Crippen LogP contribution in [0.2, 0.25) is 0 Å². The molecular weight excluding hydrogens is 337 g/mol. The van der Waals surface area contributed by atoms with Gasteiger partial charge in [0.25, 0.3) is 0 Å². The van der Waals surface area contributed by atoms with E-state index in [-0.39, 0.29) is 43.8 Å². The predicted molar refractivity (Wildman–Crippen MR) is 96.4 cm³/mol. The molecule has 1 aromatic rings. The van der Waals surface area contributed by atoms with Crippen molar-refractivity contribution in [3.8, 4) is 5.75 Å². The number of nitrogens with one attached hydrogen (secondary N) is 1. The molecule has 0 aliphatic heterocycles. The average molecular weight is 363 g/mol. The van der Waals surface area contributed by atoms with Gasteiger partial charge in [-0.1, -0.05) is 13.8 Å². The van der Waals surface area contributed by atoms with Crippen molar-refractivity contribution >= 4 is 48.6 Å². The Kier molecular flexibility index (Phi) is 14.5. The largest absolute Gasteiger partial charge is 0.489 e. The number of rotatable bonds is 6. The van der Waals surface area contributed by atoms with Gasteiger partial charge in [-0.3, -0.25) is 0 Å². The second-order valence-corrected chi connectivity index (χ2v) is 4.79. The maximum absolute atomic E-state index is 9.73. The molecular formula is C13H26Cl3N3O2. The van der Waals surface area contributed by atoms with Crippen LogP contribution < -0.4 is 21.5 Å². The van der Waals surface area contributed by atoms with E-state index < -0.39 is 6.10 Å². The van der Waals surface area contributed by atoms with Crippen LogP contribution in [0, 0.1) is 6.92 Å². The van der Waals surface area contributed by atoms with Crippen molar-refractivity contribution in [2.45, 2.75) is 32.9 Å². The molecule has 8 heteroatoms. The zero-order chi connectivity index (χ0) is 13.7. The molecule has 0 fully saturated rings. The molecule has 0 heterocycles. The summed E-state index contributed by atoms with van der Waals surface area (Å²) in [6, 6.07) is 3.94. The van der Waals surface area contributed by atoms with Crippen molar-refractivity contribution in [3.63, 3.8) is 0 Å². The van der Waals surface area contributed by atoms with E-state index in [0.29, 0.717) is 29.7 Å². The van der Waals surface area contributed by atoms with E-state index in [4.69, 9.17) is 16.2 Å². The van der Waals surface area contributed by atoms with Gasteiger partial charge in [0.2, 0.25) is 0 Å². The zero-order valence-corrected chi connectivity index (χ0v) is 14.9. The summed E-state index contributed by atoms with van der Waals surface area (Å²) in [6.07, 6.45) is -0.575. The minimum atomic E-state index is -0.575. The Morgan fingerprint density at radius 2 is 1.76 bits per heavy atom. The molecule has 21 heavy (non-hydrogen) atoms. The van der Waals surface area contributed by atoms with Crippen LogP contribution in [0.25, 0.3) is 0 Å². The number of aliphatic hydroxyl groups excluding tert-OH is 1. The van der Waals surface area contributed by atoms with Crippen LogP contribution in [0.1, 0.15) is 19.4 Å². The van der Waals surface area contributed by atoms with E-state index >= 15 is 0 Å². The lowest BCUT2D eigenvalue weighted by atomic mass is 10.2. The van der Waals surface area contributed by atoms with Crippen molar-refractivity contribution < 1.29 is 9.84 Å². The quantitative estimate of drug-likeness (QED) is 0.582. The molecule has 1 atom stereocenters. The minimum Gasteiger partial charge on any atom is -0.489 e. The number of hydrogen-bond acceptors (Lipinski definition) is 5. The summed E-state index contributed by atoms with van der Waals surface area (Å²) >= 11 is 0. The summed E-state index contributed by atoms with van der Waals surface area (Å²) in [6.45, 7) is 6.63. The number of nitrogen functional groups attached to an aromatic ring is 2. The smallest absolute Gasteiger partial charge is 0.144 e. The molecule has 0 amide bonds. The van der Waals surface area contributed by atoms with Crippen molar-refractivity contribution in [3.05, 3.63) is 17.7 Å². The van der Waals surface area contributed by atoms with Crippen LogP contribution in [0.4, 0.5) is 11.4 Å². The Balaban J connectivity index is -0.00000108. The number of halogens is 3. The SMILES string of the molecule is Cc1cc(N)c(N)c(OCC(O)CNC(C)C)c1.Cl.Cl.Cl. The van der Waals surface area contributed by atoms with Gasteiger partial charge in [0, 0.05) is 12.6 Å². The van der Waals surface area contributed by atoms with Crippen LogP contribution in [-0.4, -0.2) is 30.4 Å². The van der Waals surface area contributed by atoms with Gasteiger partial charge < -0.3 is 26.6 Å². The van der Waals surface area contributed by atoms with E-state index in [1.54, 1.807) is 6.07 Å². The Labute approximate surface area is 145 Å². The molecule has 1 rings (SSSR count). The molecule has 5 nitrogen and oxygen atoms in total. The molecule has 0 aromatic heterocycles. The van der Waals surface area contributed by atoms with E-state index in [1.807, 2.05) is 26.8 Å². The van der Waals surface area contributed by atoms with Gasteiger partial charge in [-0.25, -0.2) is 0 Å². The number of nitrogens with two attached hydrogens (primary N) is 2. The summed E-state index contributed by atoms with van der Waals surface area (Å²) in [4.78, 5) is 0. The van der Waals surface area contributed by atoms with Crippen LogP contribution >= 0.6 is 37.2 Å². The lowest BCUT2D eigenvalue weighted by molar-refractivity contribution is 0.105. The summed E-state index contributed by atoms with van der Waals surface area (Å²) in [5, 5.41) is 12.9. The van der Waals surface area contributed by atoms with Crippen molar-refractivity contribution in [2.24, 2.45) is 0 Å². The normalized spacial score (nSPS) is 10.9. The number of hydrogen-bond donors (Lipinski definition) is 4. The molecule has 0 aliphatic rings. The standard InChI is InChI=1S/C13H23N3O2.3ClH/c1-8(2)16-6-10(17)7-18-12-5-9(3)4-11(14)13(12)15;;;/h4-5,8,10,16-17H,6-7,14-15H2,1-3H3;3*1H. The molecule has 0 saturated carbocycles. The summed E-state index contributed by atoms with van der Waals surface area (Å²) in [5.41, 5.74) is 13.5. The lowest BCUT2D eigenvalue weighted by Gasteiger charge is -2.16. The highest BCUT2D eigenvalue weighted by Gasteiger charge is 2.09. The van der Waals surface area contributed by atoms with Gasteiger partial charge in [-0.05, 0) is 24.6 Å². The maximum Gasteiger partial charge on any atom is 0.144 e. The highest BCUT2D eigenvalue weighted by molar-refractivity contribution is 5.86. The van der Waals surface area contributed by atoms with Crippen LogP contribution in [0.5, 0.6) is 5.75 Å². The maximum atomic E-state index is 9.73.